The van der Waals surface area contributed by atoms with Crippen LogP contribution in [0.15, 0.2) is 25.3 Å². The third-order valence-electron chi connectivity index (χ3n) is 8.53. The number of ether oxygens (including phenoxy) is 4. The molecule has 0 aliphatic rings. The average molecular weight is 690 g/mol. The number of amides is 1. The second-order valence-corrected chi connectivity index (χ2v) is 27.8. The Morgan fingerprint density at radius 1 is 0.822 bits per heavy atom. The fraction of sp³-hybridized carbons (Fsp3) is 0.781. The maximum Gasteiger partial charge on any atom is 0.407 e. The molecule has 0 aromatic rings. The van der Waals surface area contributed by atoms with Crippen molar-refractivity contribution in [3.05, 3.63) is 25.3 Å². The lowest BCUT2D eigenvalue weighted by atomic mass is 10.1. The van der Waals surface area contributed by atoms with Crippen LogP contribution in [0.25, 0.3) is 0 Å². The summed E-state index contributed by atoms with van der Waals surface area (Å²) in [6.45, 7) is 31.6. The molecule has 10 nitrogen and oxygen atoms in total. The van der Waals surface area contributed by atoms with Crippen LogP contribution >= 0.6 is 0 Å². The van der Waals surface area contributed by atoms with E-state index in [2.05, 4.69) is 85.5 Å². The lowest BCUT2D eigenvalue weighted by Crippen LogP contribution is -2.62. The van der Waals surface area contributed by atoms with Gasteiger partial charge in [-0.15, -0.1) is 0 Å². The fourth-order valence-corrected chi connectivity index (χ4v) is 14.8. The van der Waals surface area contributed by atoms with Crippen molar-refractivity contribution in [2.45, 2.75) is 128 Å². The quantitative estimate of drug-likeness (QED) is 0.0379. The summed E-state index contributed by atoms with van der Waals surface area (Å²) in [4.78, 5) is 35.4. The molecular formula is C32H63NO9Si3. The Kier molecular flexibility index (Phi) is 19.0. The van der Waals surface area contributed by atoms with Crippen molar-refractivity contribution in [2.75, 3.05) is 33.0 Å². The van der Waals surface area contributed by atoms with Crippen LogP contribution in [-0.4, -0.2) is 92.3 Å². The summed E-state index contributed by atoms with van der Waals surface area (Å²) < 4.78 is 35.0. The minimum atomic E-state index is -2.19. The molecule has 0 aliphatic heterocycles. The molecule has 1 N–H and O–H groups in total. The topological polar surface area (TPSA) is 119 Å². The van der Waals surface area contributed by atoms with Gasteiger partial charge in [-0.3, -0.25) is 0 Å². The van der Waals surface area contributed by atoms with Gasteiger partial charge in [0.1, 0.15) is 25.4 Å². The van der Waals surface area contributed by atoms with Gasteiger partial charge < -0.3 is 33.1 Å². The first-order valence-corrected chi connectivity index (χ1v) is 25.5. The first-order valence-electron chi connectivity index (χ1n) is 16.2. The fourth-order valence-electron chi connectivity index (χ4n) is 4.71. The number of hydrogen-bond donors (Lipinski definition) is 1. The van der Waals surface area contributed by atoms with E-state index in [-0.39, 0.29) is 37.4 Å². The van der Waals surface area contributed by atoms with E-state index < -0.39 is 48.3 Å². The third kappa shape index (κ3) is 16.6. The minimum absolute atomic E-state index is 0.0362. The molecule has 0 spiro atoms. The average Bonchev–Trinajstić information content (AvgIpc) is 2.96. The van der Waals surface area contributed by atoms with Gasteiger partial charge >= 0.3 is 18.0 Å². The first kappa shape index (κ1) is 43.2. The van der Waals surface area contributed by atoms with Crippen LogP contribution < -0.4 is 5.32 Å². The molecule has 2 atom stereocenters. The summed E-state index contributed by atoms with van der Waals surface area (Å²) in [5.74, 6) is -1.34. The highest BCUT2D eigenvalue weighted by Crippen LogP contribution is 2.36. The predicted molar refractivity (Wildman–Crippen MR) is 188 cm³/mol. The Bertz CT molecular complexity index is 934. The van der Waals surface area contributed by atoms with E-state index in [9.17, 15) is 14.4 Å². The summed E-state index contributed by atoms with van der Waals surface area (Å²) in [5.41, 5.74) is -1.03. The number of carbonyl (C=O) groups excluding carboxylic acids is 3. The van der Waals surface area contributed by atoms with Gasteiger partial charge in [-0.2, -0.15) is 0 Å². The van der Waals surface area contributed by atoms with Crippen LogP contribution in [0.1, 0.15) is 60.3 Å². The second-order valence-electron chi connectivity index (χ2n) is 14.0. The minimum Gasteiger partial charge on any atom is -0.460 e. The molecule has 45 heavy (non-hydrogen) atoms. The van der Waals surface area contributed by atoms with E-state index >= 15 is 0 Å². The number of esters is 2. The molecule has 0 aromatic carbocycles. The molecule has 0 fully saturated rings. The van der Waals surface area contributed by atoms with Crippen molar-refractivity contribution in [1.82, 2.24) is 5.32 Å². The van der Waals surface area contributed by atoms with Crippen molar-refractivity contribution in [3.8, 4) is 0 Å². The van der Waals surface area contributed by atoms with E-state index in [0.717, 1.165) is 31.0 Å². The molecule has 0 bridgehead atoms. The predicted octanol–water partition coefficient (Wildman–Crippen LogP) is 6.92. The molecule has 13 heteroatoms. The standard InChI is InChI=1S/C32H63NO9Si3/c1-14-18-24-44(10,11)42-32(7,17-4)45(12,13)41-27(5)43(8,9)23-19-20-37-21-22-38-30(36)33-31(6,25-39-28(34)15-2)26-40-29(35)16-3/h15-16,27H,2-3,14,17-26H2,1,4-13H3,(H,33,36)/t27?,32-/m1/s1. The van der Waals surface area contributed by atoms with Crippen molar-refractivity contribution in [1.29, 1.82) is 0 Å². The monoisotopic (exact) mass is 689 g/mol. The molecule has 1 amide bonds. The zero-order chi connectivity index (χ0) is 35.0. The molecular weight excluding hydrogens is 627 g/mol. The summed E-state index contributed by atoms with van der Waals surface area (Å²) in [7, 11) is -5.71. The number of nitrogens with one attached hydrogen (secondary N) is 1. The normalized spacial score (nSPS) is 14.6. The summed E-state index contributed by atoms with van der Waals surface area (Å²) in [6, 6.07) is 2.22. The summed E-state index contributed by atoms with van der Waals surface area (Å²) in [6.07, 6.45) is 5.49. The zero-order valence-corrected chi connectivity index (χ0v) is 33.1. The van der Waals surface area contributed by atoms with Crippen molar-refractivity contribution in [3.63, 3.8) is 0 Å². The number of carbonyl (C=O) groups is 3. The molecule has 262 valence electrons. The Morgan fingerprint density at radius 3 is 1.87 bits per heavy atom. The molecule has 0 radical (unpaired) electrons. The van der Waals surface area contributed by atoms with E-state index in [0.29, 0.717) is 6.61 Å². The van der Waals surface area contributed by atoms with Crippen LogP contribution in [0.3, 0.4) is 0 Å². The van der Waals surface area contributed by atoms with Crippen molar-refractivity contribution >= 4 is 42.7 Å². The van der Waals surface area contributed by atoms with Gasteiger partial charge in [0.05, 0.1) is 19.9 Å². The second kappa shape index (κ2) is 19.8. The highest BCUT2D eigenvalue weighted by atomic mass is 28.4. The first-order chi connectivity index (χ1) is 20.7. The van der Waals surface area contributed by atoms with Crippen molar-refractivity contribution < 1.29 is 42.2 Å². The van der Waals surface area contributed by atoms with Gasteiger partial charge in [0.15, 0.2) is 8.32 Å². The number of rotatable bonds is 24. The Hall–Kier alpha value is -1.78. The highest BCUT2D eigenvalue weighted by Gasteiger charge is 2.49. The van der Waals surface area contributed by atoms with Crippen molar-refractivity contribution in [2.24, 2.45) is 0 Å². The molecule has 0 rings (SSSR count). The maximum atomic E-state index is 12.4. The maximum absolute atomic E-state index is 12.4. The lowest BCUT2D eigenvalue weighted by molar-refractivity contribution is -0.144. The number of unbranched alkanes of at least 4 members (excludes halogenated alkanes) is 1. The molecule has 0 aromatic heterocycles. The third-order valence-corrected chi connectivity index (χ3v) is 19.4. The highest BCUT2D eigenvalue weighted by molar-refractivity contribution is 6.81. The molecule has 0 saturated carbocycles. The Morgan fingerprint density at radius 2 is 1.38 bits per heavy atom. The van der Waals surface area contributed by atoms with Gasteiger partial charge in [0, 0.05) is 24.5 Å². The van der Waals surface area contributed by atoms with Crippen LogP contribution in [0, 0.1) is 0 Å². The largest absolute Gasteiger partial charge is 0.460 e. The molecule has 0 aliphatic carbocycles. The van der Waals surface area contributed by atoms with Gasteiger partial charge in [0.2, 0.25) is 8.32 Å². The smallest absolute Gasteiger partial charge is 0.407 e. The molecule has 0 heterocycles. The van der Waals surface area contributed by atoms with Gasteiger partial charge in [-0.1, -0.05) is 59.0 Å². The van der Waals surface area contributed by atoms with Gasteiger partial charge in [0.25, 0.3) is 0 Å². The molecule has 1 unspecified atom stereocenters. The number of hydrogen-bond acceptors (Lipinski definition) is 9. The van der Waals surface area contributed by atoms with E-state index in [1.165, 1.54) is 18.9 Å². The Balaban J connectivity index is 4.78. The van der Waals surface area contributed by atoms with Crippen LogP contribution in [0.2, 0.25) is 51.4 Å². The van der Waals surface area contributed by atoms with E-state index in [1.54, 1.807) is 6.92 Å². The number of alkyl carbamates (subject to hydrolysis) is 1. The van der Waals surface area contributed by atoms with Crippen LogP contribution in [-0.2, 0) is 37.4 Å². The van der Waals surface area contributed by atoms with E-state index in [1.807, 2.05) is 0 Å². The van der Waals surface area contributed by atoms with Crippen LogP contribution in [0.4, 0.5) is 4.79 Å². The van der Waals surface area contributed by atoms with Crippen LogP contribution in [0.5, 0.6) is 0 Å². The summed E-state index contributed by atoms with van der Waals surface area (Å²) >= 11 is 0. The molecule has 0 saturated heterocycles. The SMILES string of the molecule is C=CC(=O)OCC(C)(COC(=O)C=C)NC(=O)OCCOCCC[Si](C)(C)C(C)O[Si](C)(C)[C@](C)(CC)O[Si](C)(C)CCCC. The van der Waals surface area contributed by atoms with E-state index in [4.69, 9.17) is 27.8 Å². The zero-order valence-electron chi connectivity index (χ0n) is 30.1. The lowest BCUT2D eigenvalue weighted by Gasteiger charge is -2.48. The Labute approximate surface area is 276 Å². The summed E-state index contributed by atoms with van der Waals surface area (Å²) in [5, 5.41) is 2.36. The van der Waals surface area contributed by atoms with Gasteiger partial charge in [-0.25, -0.2) is 14.4 Å². The van der Waals surface area contributed by atoms with Gasteiger partial charge in [-0.05, 0) is 65.8 Å².